The maximum Gasteiger partial charge on any atom is 0.267 e. The highest BCUT2D eigenvalue weighted by atomic mass is 32.2. The monoisotopic (exact) mass is 435 g/mol. The number of nitrogens with zero attached hydrogens (tertiary/aromatic N) is 3. The summed E-state index contributed by atoms with van der Waals surface area (Å²) in [6, 6.07) is 17.2. The minimum Gasteiger partial charge on any atom is -0.338 e. The molecule has 0 N–H and O–H groups in total. The van der Waals surface area contributed by atoms with E-state index in [0.717, 1.165) is 24.8 Å². The summed E-state index contributed by atoms with van der Waals surface area (Å²) in [6.07, 6.45) is 3.29. The smallest absolute Gasteiger partial charge is 0.267 e. The van der Waals surface area contributed by atoms with Crippen LogP contribution < -0.4 is 4.90 Å². The molecule has 0 unspecified atom stereocenters. The molecule has 2 aliphatic heterocycles. The molecule has 31 heavy (non-hydrogen) atoms. The Morgan fingerprint density at radius 3 is 2.39 bits per heavy atom. The zero-order chi connectivity index (χ0) is 21.8. The number of piperidine rings is 1. The first kappa shape index (κ1) is 21.1. The van der Waals surface area contributed by atoms with Crippen LogP contribution in [0.3, 0.4) is 0 Å². The fraction of sp³-hybridized carbons (Fsp3) is 0.292. The van der Waals surface area contributed by atoms with Crippen LogP contribution in [-0.2, 0) is 16.0 Å². The molecule has 2 fully saturated rings. The molecule has 2 amide bonds. The van der Waals surface area contributed by atoms with Gasteiger partial charge < -0.3 is 4.90 Å². The number of para-hydroxylation sites is 1. The largest absolute Gasteiger partial charge is 0.338 e. The van der Waals surface area contributed by atoms with Gasteiger partial charge in [0.2, 0.25) is 5.91 Å². The Balaban J connectivity index is 1.71. The number of carbonyl (C=O) groups is 2. The average Bonchev–Trinajstić information content (AvgIpc) is 3.12. The van der Waals surface area contributed by atoms with Gasteiger partial charge in [-0.15, -0.1) is 0 Å². The number of rotatable bonds is 4. The summed E-state index contributed by atoms with van der Waals surface area (Å²) in [5.41, 5.74) is 1.45. The third-order valence-corrected chi connectivity index (χ3v) is 6.75. The Hall–Kier alpha value is -3.11. The van der Waals surface area contributed by atoms with Crippen LogP contribution in [0.25, 0.3) is 0 Å². The summed E-state index contributed by atoms with van der Waals surface area (Å²) in [5.74, 6) is -0.838. The number of hydrogen-bond donors (Lipinski definition) is 0. The number of halogens is 1. The molecule has 5 nitrogen and oxygen atoms in total. The first-order valence-electron chi connectivity index (χ1n) is 10.3. The van der Waals surface area contributed by atoms with Gasteiger partial charge in [0, 0.05) is 18.8 Å². The molecule has 1 atom stereocenters. The summed E-state index contributed by atoms with van der Waals surface area (Å²) in [5, 5.41) is 9.77. The Morgan fingerprint density at radius 1 is 1.06 bits per heavy atom. The maximum absolute atomic E-state index is 13.4. The second-order valence-electron chi connectivity index (χ2n) is 7.59. The van der Waals surface area contributed by atoms with E-state index in [-0.39, 0.29) is 23.2 Å². The molecule has 2 heterocycles. The summed E-state index contributed by atoms with van der Waals surface area (Å²) < 4.78 is 13.3. The molecule has 0 bridgehead atoms. The molecule has 2 saturated heterocycles. The van der Waals surface area contributed by atoms with Gasteiger partial charge in [-0.2, -0.15) is 5.26 Å². The molecular weight excluding hydrogens is 413 g/mol. The number of anilines is 1. The highest BCUT2D eigenvalue weighted by molar-refractivity contribution is 8.05. The molecule has 0 radical (unpaired) electrons. The van der Waals surface area contributed by atoms with E-state index in [1.165, 1.54) is 28.8 Å². The van der Waals surface area contributed by atoms with Crippen molar-refractivity contribution in [3.05, 3.63) is 76.6 Å². The molecule has 4 rings (SSSR count). The summed E-state index contributed by atoms with van der Waals surface area (Å²) in [6.45, 7) is 1.25. The minimum absolute atomic E-state index is 0.00529. The lowest BCUT2D eigenvalue weighted by Gasteiger charge is -2.27. The van der Waals surface area contributed by atoms with Crippen LogP contribution in [0, 0.1) is 17.1 Å². The Bertz CT molecular complexity index is 1040. The molecule has 0 saturated carbocycles. The van der Waals surface area contributed by atoms with E-state index in [9.17, 15) is 19.2 Å². The average molecular weight is 436 g/mol. The van der Waals surface area contributed by atoms with E-state index in [1.807, 2.05) is 18.2 Å². The quantitative estimate of drug-likeness (QED) is 0.532. The fourth-order valence-corrected chi connectivity index (χ4v) is 5.18. The third kappa shape index (κ3) is 4.49. The van der Waals surface area contributed by atoms with Crippen LogP contribution in [0.2, 0.25) is 0 Å². The van der Waals surface area contributed by atoms with E-state index >= 15 is 0 Å². The minimum atomic E-state index is -0.502. The summed E-state index contributed by atoms with van der Waals surface area (Å²) in [7, 11) is 0. The zero-order valence-corrected chi connectivity index (χ0v) is 17.8. The van der Waals surface area contributed by atoms with E-state index in [1.54, 1.807) is 29.2 Å². The Labute approximate surface area is 185 Å². The number of likely N-dealkylation sites (tertiary alicyclic amines) is 1. The Kier molecular flexibility index (Phi) is 6.38. The molecular formula is C24H22FN3O2S. The summed E-state index contributed by atoms with van der Waals surface area (Å²) >= 11 is 1.24. The Morgan fingerprint density at radius 2 is 1.74 bits per heavy atom. The molecule has 2 aromatic carbocycles. The van der Waals surface area contributed by atoms with Gasteiger partial charge in [-0.1, -0.05) is 42.1 Å². The number of nitriles is 1. The van der Waals surface area contributed by atoms with Crippen molar-refractivity contribution in [1.82, 2.24) is 4.90 Å². The lowest BCUT2D eigenvalue weighted by molar-refractivity contribution is -0.127. The zero-order valence-electron chi connectivity index (χ0n) is 17.0. The fourth-order valence-electron chi connectivity index (χ4n) is 3.88. The van der Waals surface area contributed by atoms with Gasteiger partial charge in [0.05, 0.1) is 5.25 Å². The number of carbonyl (C=O) groups excluding carboxylic acids is 2. The van der Waals surface area contributed by atoms with E-state index in [2.05, 4.69) is 6.07 Å². The lowest BCUT2D eigenvalue weighted by Crippen LogP contribution is -2.37. The van der Waals surface area contributed by atoms with Crippen LogP contribution in [0.4, 0.5) is 10.1 Å². The van der Waals surface area contributed by atoms with Crippen molar-refractivity contribution in [2.75, 3.05) is 18.0 Å². The van der Waals surface area contributed by atoms with Gasteiger partial charge in [0.15, 0.2) is 0 Å². The number of hydrogen-bond acceptors (Lipinski definition) is 4. The normalized spacial score (nSPS) is 20.5. The highest BCUT2D eigenvalue weighted by Gasteiger charge is 2.41. The van der Waals surface area contributed by atoms with E-state index in [0.29, 0.717) is 30.2 Å². The number of amides is 2. The molecule has 0 aromatic heterocycles. The van der Waals surface area contributed by atoms with Gasteiger partial charge in [-0.25, -0.2) is 4.39 Å². The third-order valence-electron chi connectivity index (χ3n) is 5.48. The van der Waals surface area contributed by atoms with Crippen LogP contribution in [0.1, 0.15) is 24.8 Å². The highest BCUT2D eigenvalue weighted by Crippen LogP contribution is 2.42. The van der Waals surface area contributed by atoms with Crippen molar-refractivity contribution in [2.24, 2.45) is 0 Å². The first-order valence-corrected chi connectivity index (χ1v) is 11.2. The van der Waals surface area contributed by atoms with Gasteiger partial charge >= 0.3 is 0 Å². The predicted molar refractivity (Wildman–Crippen MR) is 118 cm³/mol. The van der Waals surface area contributed by atoms with Crippen LogP contribution >= 0.6 is 11.8 Å². The van der Waals surface area contributed by atoms with Crippen molar-refractivity contribution < 1.29 is 14.0 Å². The number of thioether (sulfide) groups is 1. The standard InChI is InChI=1S/C24H22FN3O2S/c25-18-11-9-17(10-12-18)15-21-23(30)28(19-7-3-1-4-8-19)24(31-21)20(16-26)22(29)27-13-5-2-6-14-27/h1,3-4,7-12,21H,2,5-6,13-15H2/b24-20-/t21-/m0/s1. The first-order chi connectivity index (χ1) is 15.1. The van der Waals surface area contributed by atoms with Crippen LogP contribution in [-0.4, -0.2) is 35.1 Å². The number of benzene rings is 2. The molecule has 158 valence electrons. The van der Waals surface area contributed by atoms with Crippen molar-refractivity contribution in [3.8, 4) is 6.07 Å². The van der Waals surface area contributed by atoms with Crippen LogP contribution in [0.5, 0.6) is 0 Å². The molecule has 0 aliphatic carbocycles. The van der Waals surface area contributed by atoms with Crippen molar-refractivity contribution in [1.29, 1.82) is 5.26 Å². The van der Waals surface area contributed by atoms with Gasteiger partial charge in [-0.3, -0.25) is 14.5 Å². The predicted octanol–water partition coefficient (Wildman–Crippen LogP) is 4.26. The van der Waals surface area contributed by atoms with E-state index < -0.39 is 5.25 Å². The second-order valence-corrected chi connectivity index (χ2v) is 8.78. The van der Waals surface area contributed by atoms with Crippen molar-refractivity contribution >= 4 is 29.3 Å². The van der Waals surface area contributed by atoms with Gasteiger partial charge in [-0.05, 0) is 55.5 Å². The summed E-state index contributed by atoms with van der Waals surface area (Å²) in [4.78, 5) is 29.7. The molecule has 0 spiro atoms. The van der Waals surface area contributed by atoms with Crippen molar-refractivity contribution in [2.45, 2.75) is 30.9 Å². The lowest BCUT2D eigenvalue weighted by atomic mass is 10.1. The second kappa shape index (κ2) is 9.36. The molecule has 7 heteroatoms. The molecule has 2 aliphatic rings. The topological polar surface area (TPSA) is 64.4 Å². The van der Waals surface area contributed by atoms with Gasteiger partial charge in [0.25, 0.3) is 5.91 Å². The SMILES string of the molecule is N#C/C(C(=O)N1CCCCC1)=C1/S[C@@H](Cc2ccc(F)cc2)C(=O)N1c1ccccc1. The van der Waals surface area contributed by atoms with Gasteiger partial charge in [0.1, 0.15) is 22.5 Å². The maximum atomic E-state index is 13.4. The van der Waals surface area contributed by atoms with E-state index in [4.69, 9.17) is 0 Å². The van der Waals surface area contributed by atoms with Crippen molar-refractivity contribution in [3.63, 3.8) is 0 Å². The molecule has 2 aromatic rings. The van der Waals surface area contributed by atoms with Crippen LogP contribution in [0.15, 0.2) is 65.2 Å².